The summed E-state index contributed by atoms with van der Waals surface area (Å²) in [7, 11) is 2.03. The zero-order valence-electron chi connectivity index (χ0n) is 19.0. The van der Waals surface area contributed by atoms with E-state index in [1.54, 1.807) is 35.4 Å². The van der Waals surface area contributed by atoms with Gasteiger partial charge >= 0.3 is 12.3 Å². The van der Waals surface area contributed by atoms with Crippen molar-refractivity contribution in [1.82, 2.24) is 20.1 Å². The van der Waals surface area contributed by atoms with Crippen molar-refractivity contribution in [2.45, 2.75) is 37.0 Å². The molecule has 0 radical (unpaired) electrons. The zero-order chi connectivity index (χ0) is 24.4. The third-order valence-electron chi connectivity index (χ3n) is 7.82. The average Bonchev–Trinajstić information content (AvgIpc) is 3.14. The fraction of sp³-hybridized carbons (Fsp3) is 0.500. The van der Waals surface area contributed by atoms with Gasteiger partial charge < -0.3 is 19.0 Å². The zero-order valence-corrected chi connectivity index (χ0v) is 19.0. The fourth-order valence-electron chi connectivity index (χ4n) is 5.79. The van der Waals surface area contributed by atoms with Crippen molar-refractivity contribution >= 4 is 16.6 Å². The highest BCUT2D eigenvalue weighted by Crippen LogP contribution is 2.75. The number of benzene rings is 1. The number of anilines is 1. The highest BCUT2D eigenvalue weighted by Gasteiger charge is 2.86. The van der Waals surface area contributed by atoms with Crippen LogP contribution in [0.2, 0.25) is 0 Å². The number of piperidine rings is 2. The minimum absolute atomic E-state index is 0.0312. The number of ether oxygens (including phenoxy) is 1. The molecule has 3 aliphatic rings. The Morgan fingerprint density at radius 3 is 2.71 bits per heavy atom. The van der Waals surface area contributed by atoms with Crippen molar-refractivity contribution in [3.05, 3.63) is 41.9 Å². The lowest BCUT2D eigenvalue weighted by molar-refractivity contribution is -0.187. The van der Waals surface area contributed by atoms with E-state index in [2.05, 4.69) is 26.2 Å². The van der Waals surface area contributed by atoms with Gasteiger partial charge in [0.15, 0.2) is 0 Å². The van der Waals surface area contributed by atoms with Crippen LogP contribution in [0, 0.1) is 16.7 Å². The van der Waals surface area contributed by atoms with Gasteiger partial charge in [0, 0.05) is 43.4 Å². The standard InChI is InChI=1S/C24H23F3N6O2/c1-32-9-6-16(7-10-32)34-21-31-30-20(35-21)22-12-23(22,24(25,26)27)14-33(13-22)18-5-4-15(11-28)19-17(18)3-2-8-29-19/h2-5,8,16H,6-7,9-10,12-14H2,1H3/t22-,23-/m0/s1. The largest absolute Gasteiger partial charge is 0.446 e. The van der Waals surface area contributed by atoms with Crippen LogP contribution in [-0.2, 0) is 5.41 Å². The SMILES string of the molecule is CN1CCC(Oc2nnc([C@]34CN(c5ccc(C#N)c6ncccc56)C[C@@]3(C(F)(F)F)C4)o2)CC1. The molecule has 0 amide bonds. The van der Waals surface area contributed by atoms with Gasteiger partial charge in [-0.15, -0.1) is 5.10 Å². The van der Waals surface area contributed by atoms with Gasteiger partial charge in [-0.1, -0.05) is 5.10 Å². The number of halogens is 3. The summed E-state index contributed by atoms with van der Waals surface area (Å²) in [5, 5.41) is 18.0. The Balaban J connectivity index is 1.33. The maximum absolute atomic E-state index is 14.4. The first kappa shape index (κ1) is 22.1. The van der Waals surface area contributed by atoms with Gasteiger partial charge in [0.1, 0.15) is 17.6 Å². The third kappa shape index (κ3) is 3.26. The molecule has 3 fully saturated rings. The van der Waals surface area contributed by atoms with Gasteiger partial charge in [-0.05, 0) is 50.6 Å². The molecule has 0 N–H and O–H groups in total. The molecule has 2 aliphatic heterocycles. The highest BCUT2D eigenvalue weighted by molar-refractivity contribution is 5.95. The molecule has 0 spiro atoms. The molecule has 1 aromatic carbocycles. The van der Waals surface area contributed by atoms with Gasteiger partial charge in [0.2, 0.25) is 5.89 Å². The van der Waals surface area contributed by atoms with E-state index in [4.69, 9.17) is 9.15 Å². The van der Waals surface area contributed by atoms with E-state index in [9.17, 15) is 18.4 Å². The minimum Gasteiger partial charge on any atom is -0.446 e. The molecule has 2 aromatic heterocycles. The van der Waals surface area contributed by atoms with Crippen LogP contribution in [0.5, 0.6) is 6.08 Å². The first-order valence-electron chi connectivity index (χ1n) is 11.6. The summed E-state index contributed by atoms with van der Waals surface area (Å²) < 4.78 is 54.9. The summed E-state index contributed by atoms with van der Waals surface area (Å²) in [6.45, 7) is 1.57. The molecule has 35 heavy (non-hydrogen) atoms. The molecule has 2 saturated heterocycles. The number of rotatable bonds is 4. The van der Waals surface area contributed by atoms with E-state index in [1.165, 1.54) is 0 Å². The highest BCUT2D eigenvalue weighted by atomic mass is 19.4. The third-order valence-corrected chi connectivity index (χ3v) is 7.82. The predicted octanol–water partition coefficient (Wildman–Crippen LogP) is 3.67. The molecular weight excluding hydrogens is 461 g/mol. The summed E-state index contributed by atoms with van der Waals surface area (Å²) in [6.07, 6.45) is -1.58. The minimum atomic E-state index is -4.45. The van der Waals surface area contributed by atoms with Crippen LogP contribution in [0.4, 0.5) is 18.9 Å². The van der Waals surface area contributed by atoms with E-state index >= 15 is 0 Å². The number of alkyl halides is 3. The van der Waals surface area contributed by atoms with Crippen LogP contribution >= 0.6 is 0 Å². The second kappa shape index (κ2) is 7.55. The van der Waals surface area contributed by atoms with E-state index in [0.29, 0.717) is 22.2 Å². The van der Waals surface area contributed by atoms with Crippen LogP contribution in [-0.4, -0.2) is 65.6 Å². The number of likely N-dealkylation sites (tertiary alicyclic amines) is 1. The second-order valence-corrected chi connectivity index (χ2v) is 9.83. The first-order valence-corrected chi connectivity index (χ1v) is 11.6. The number of aromatic nitrogens is 3. The van der Waals surface area contributed by atoms with Crippen LogP contribution < -0.4 is 9.64 Å². The monoisotopic (exact) mass is 484 g/mol. The molecule has 0 bridgehead atoms. The Kier molecular flexibility index (Phi) is 4.77. The Morgan fingerprint density at radius 1 is 1.17 bits per heavy atom. The Morgan fingerprint density at radius 2 is 1.97 bits per heavy atom. The van der Waals surface area contributed by atoms with Gasteiger partial charge in [-0.2, -0.15) is 18.4 Å². The number of nitrogens with zero attached hydrogens (tertiary/aromatic N) is 6. The van der Waals surface area contributed by atoms with E-state index < -0.39 is 17.0 Å². The molecule has 182 valence electrons. The smallest absolute Gasteiger partial charge is 0.414 e. The van der Waals surface area contributed by atoms with E-state index in [-0.39, 0.29) is 37.6 Å². The summed E-state index contributed by atoms with van der Waals surface area (Å²) >= 11 is 0. The van der Waals surface area contributed by atoms with Gasteiger partial charge in [-0.25, -0.2) is 0 Å². The number of fused-ring (bicyclic) bond motifs is 2. The number of hydrogen-bond donors (Lipinski definition) is 0. The van der Waals surface area contributed by atoms with Crippen molar-refractivity contribution in [2.24, 2.45) is 5.41 Å². The van der Waals surface area contributed by atoms with Gasteiger partial charge in [0.25, 0.3) is 0 Å². The first-order chi connectivity index (χ1) is 16.8. The normalized spacial score (nSPS) is 27.1. The van der Waals surface area contributed by atoms with Crippen LogP contribution in [0.15, 0.2) is 34.9 Å². The van der Waals surface area contributed by atoms with Crippen molar-refractivity contribution in [2.75, 3.05) is 38.1 Å². The molecule has 3 aromatic rings. The Labute approximate surface area is 199 Å². The van der Waals surface area contributed by atoms with Crippen LogP contribution in [0.25, 0.3) is 10.9 Å². The summed E-state index contributed by atoms with van der Waals surface area (Å²) in [6, 6.07) is 8.87. The maximum Gasteiger partial charge on any atom is 0.414 e. The molecule has 2 atom stereocenters. The maximum atomic E-state index is 14.4. The van der Waals surface area contributed by atoms with Crippen molar-refractivity contribution in [3.63, 3.8) is 0 Å². The second-order valence-electron chi connectivity index (χ2n) is 9.83. The lowest BCUT2D eigenvalue weighted by Crippen LogP contribution is -2.35. The predicted molar refractivity (Wildman–Crippen MR) is 119 cm³/mol. The fourth-order valence-corrected chi connectivity index (χ4v) is 5.79. The van der Waals surface area contributed by atoms with Gasteiger partial charge in [0.05, 0.1) is 16.5 Å². The Hall–Kier alpha value is -3.39. The van der Waals surface area contributed by atoms with E-state index in [1.807, 2.05) is 7.05 Å². The molecule has 1 saturated carbocycles. The van der Waals surface area contributed by atoms with Crippen molar-refractivity contribution in [1.29, 1.82) is 5.26 Å². The lowest BCUT2D eigenvalue weighted by Gasteiger charge is -2.27. The van der Waals surface area contributed by atoms with Gasteiger partial charge in [-0.3, -0.25) is 4.98 Å². The van der Waals surface area contributed by atoms with E-state index in [0.717, 1.165) is 25.9 Å². The molecule has 11 heteroatoms. The summed E-state index contributed by atoms with van der Waals surface area (Å²) in [5.41, 5.74) is -1.88. The average molecular weight is 484 g/mol. The molecule has 1 aliphatic carbocycles. The number of pyridine rings is 1. The summed E-state index contributed by atoms with van der Waals surface area (Å²) in [4.78, 5) is 8.18. The lowest BCUT2D eigenvalue weighted by atomic mass is 9.95. The quantitative estimate of drug-likeness (QED) is 0.554. The molecule has 8 nitrogen and oxygen atoms in total. The number of nitriles is 1. The molecular formula is C24H23F3N6O2. The molecule has 6 rings (SSSR count). The molecule has 0 unspecified atom stereocenters. The van der Waals surface area contributed by atoms with Crippen LogP contribution in [0.1, 0.15) is 30.7 Å². The van der Waals surface area contributed by atoms with Crippen molar-refractivity contribution < 1.29 is 22.3 Å². The van der Waals surface area contributed by atoms with Crippen LogP contribution in [0.3, 0.4) is 0 Å². The van der Waals surface area contributed by atoms with Crippen molar-refractivity contribution in [3.8, 4) is 12.1 Å². The topological polar surface area (TPSA) is 91.3 Å². The molecule has 4 heterocycles. The summed E-state index contributed by atoms with van der Waals surface area (Å²) in [5.74, 6) is -0.0312. The number of hydrogen-bond acceptors (Lipinski definition) is 8. The Bertz CT molecular complexity index is 1330.